The normalized spacial score (nSPS) is 11.6. The van der Waals surface area contributed by atoms with Crippen LogP contribution in [0.3, 0.4) is 0 Å². The van der Waals surface area contributed by atoms with E-state index in [0.29, 0.717) is 12.5 Å². The lowest BCUT2D eigenvalue weighted by Crippen LogP contribution is -2.31. The summed E-state index contributed by atoms with van der Waals surface area (Å²) in [7, 11) is 0. The van der Waals surface area contributed by atoms with Crippen LogP contribution in [0.1, 0.15) is 51.7 Å². The average molecular weight is 234 g/mol. The third-order valence-corrected chi connectivity index (χ3v) is 3.08. The molecule has 2 nitrogen and oxygen atoms in total. The molecular formula is C15H22O2. The molecule has 0 radical (unpaired) electrons. The second-order valence-corrected chi connectivity index (χ2v) is 5.12. The molecule has 0 aromatic heterocycles. The van der Waals surface area contributed by atoms with Crippen LogP contribution in [0.2, 0.25) is 0 Å². The summed E-state index contributed by atoms with van der Waals surface area (Å²) in [6.07, 6.45) is 0. The first kappa shape index (κ1) is 13.8. The first-order chi connectivity index (χ1) is 7.89. The minimum Gasteiger partial charge on any atom is -0.465 e. The van der Waals surface area contributed by atoms with E-state index in [2.05, 4.69) is 26.0 Å². The van der Waals surface area contributed by atoms with Gasteiger partial charge in [0.1, 0.15) is 0 Å². The topological polar surface area (TPSA) is 26.3 Å². The van der Waals surface area contributed by atoms with Crippen molar-refractivity contribution in [1.29, 1.82) is 0 Å². The molecule has 1 aromatic rings. The highest BCUT2D eigenvalue weighted by Crippen LogP contribution is 2.26. The summed E-state index contributed by atoms with van der Waals surface area (Å²) < 4.78 is 5.10. The zero-order chi connectivity index (χ0) is 13.1. The van der Waals surface area contributed by atoms with Crippen molar-refractivity contribution < 1.29 is 9.53 Å². The van der Waals surface area contributed by atoms with E-state index in [9.17, 15) is 4.79 Å². The number of ether oxygens (including phenoxy) is 1. The van der Waals surface area contributed by atoms with E-state index in [4.69, 9.17) is 4.74 Å². The fourth-order valence-electron chi connectivity index (χ4n) is 1.71. The standard InChI is InChI=1S/C15H22O2/c1-6-17-14(16)15(4,5)13-9-7-12(8-10-13)11(2)3/h7-11H,6H2,1-5H3. The predicted molar refractivity (Wildman–Crippen MR) is 70.2 cm³/mol. The SMILES string of the molecule is CCOC(=O)C(C)(C)c1ccc(C(C)C)cc1. The molecule has 0 N–H and O–H groups in total. The van der Waals surface area contributed by atoms with E-state index >= 15 is 0 Å². The van der Waals surface area contributed by atoms with Crippen molar-refractivity contribution in [2.45, 2.75) is 46.0 Å². The summed E-state index contributed by atoms with van der Waals surface area (Å²) in [5, 5.41) is 0. The average Bonchev–Trinajstić information content (AvgIpc) is 2.29. The molecule has 1 rings (SSSR count). The molecule has 0 atom stereocenters. The molecule has 0 saturated carbocycles. The molecule has 0 fully saturated rings. The molecule has 0 saturated heterocycles. The third-order valence-electron chi connectivity index (χ3n) is 3.08. The van der Waals surface area contributed by atoms with Crippen LogP contribution in [0, 0.1) is 0 Å². The molecule has 0 unspecified atom stereocenters. The highest BCUT2D eigenvalue weighted by Gasteiger charge is 2.31. The molecule has 1 aromatic carbocycles. The Kier molecular flexibility index (Phi) is 4.33. The van der Waals surface area contributed by atoms with Gasteiger partial charge in [-0.3, -0.25) is 4.79 Å². The van der Waals surface area contributed by atoms with Gasteiger partial charge >= 0.3 is 5.97 Å². The van der Waals surface area contributed by atoms with Crippen molar-refractivity contribution in [2.75, 3.05) is 6.61 Å². The number of benzene rings is 1. The van der Waals surface area contributed by atoms with E-state index in [1.807, 2.05) is 32.9 Å². The Hall–Kier alpha value is -1.31. The van der Waals surface area contributed by atoms with Crippen LogP contribution in [0.4, 0.5) is 0 Å². The molecule has 94 valence electrons. The van der Waals surface area contributed by atoms with Gasteiger partial charge in [-0.2, -0.15) is 0 Å². The van der Waals surface area contributed by atoms with E-state index in [-0.39, 0.29) is 5.97 Å². The summed E-state index contributed by atoms with van der Waals surface area (Å²) in [4.78, 5) is 11.9. The van der Waals surface area contributed by atoms with Gasteiger partial charge in [0, 0.05) is 0 Å². The Bertz CT molecular complexity index is 374. The lowest BCUT2D eigenvalue weighted by Gasteiger charge is -2.23. The number of carbonyl (C=O) groups excluding carboxylic acids is 1. The minimum absolute atomic E-state index is 0.169. The molecular weight excluding hydrogens is 212 g/mol. The van der Waals surface area contributed by atoms with Crippen molar-refractivity contribution in [1.82, 2.24) is 0 Å². The molecule has 2 heteroatoms. The van der Waals surface area contributed by atoms with Gasteiger partial charge < -0.3 is 4.74 Å². The van der Waals surface area contributed by atoms with Gasteiger partial charge in [-0.15, -0.1) is 0 Å². The lowest BCUT2D eigenvalue weighted by atomic mass is 9.84. The van der Waals surface area contributed by atoms with E-state index in [1.54, 1.807) is 0 Å². The molecule has 0 amide bonds. The van der Waals surface area contributed by atoms with Crippen LogP contribution in [-0.4, -0.2) is 12.6 Å². The Balaban J connectivity index is 2.95. The third kappa shape index (κ3) is 3.09. The Morgan fingerprint density at radius 1 is 1.24 bits per heavy atom. The molecule has 0 spiro atoms. The second-order valence-electron chi connectivity index (χ2n) is 5.12. The van der Waals surface area contributed by atoms with Gasteiger partial charge in [0.05, 0.1) is 12.0 Å². The highest BCUT2D eigenvalue weighted by molar-refractivity contribution is 5.82. The maximum Gasteiger partial charge on any atom is 0.315 e. The molecule has 17 heavy (non-hydrogen) atoms. The van der Waals surface area contributed by atoms with Gasteiger partial charge in [0.2, 0.25) is 0 Å². The molecule has 0 aliphatic heterocycles. The van der Waals surface area contributed by atoms with Crippen molar-refractivity contribution >= 4 is 5.97 Å². The van der Waals surface area contributed by atoms with Crippen LogP contribution in [0.5, 0.6) is 0 Å². The maximum absolute atomic E-state index is 11.9. The van der Waals surface area contributed by atoms with Crippen LogP contribution < -0.4 is 0 Å². The van der Waals surface area contributed by atoms with Crippen LogP contribution in [-0.2, 0) is 14.9 Å². The summed E-state index contributed by atoms with van der Waals surface area (Å²) in [6, 6.07) is 8.21. The number of carbonyl (C=O) groups is 1. The highest BCUT2D eigenvalue weighted by atomic mass is 16.5. The van der Waals surface area contributed by atoms with E-state index in [0.717, 1.165) is 5.56 Å². The summed E-state index contributed by atoms with van der Waals surface area (Å²) in [6.45, 7) is 10.4. The minimum atomic E-state index is -0.578. The Morgan fingerprint density at radius 3 is 2.18 bits per heavy atom. The number of hydrogen-bond acceptors (Lipinski definition) is 2. The summed E-state index contributed by atoms with van der Waals surface area (Å²) in [5.41, 5.74) is 1.71. The van der Waals surface area contributed by atoms with Gasteiger partial charge in [0.15, 0.2) is 0 Å². The quantitative estimate of drug-likeness (QED) is 0.743. The van der Waals surface area contributed by atoms with Gasteiger partial charge in [-0.05, 0) is 37.8 Å². The van der Waals surface area contributed by atoms with Crippen LogP contribution in [0.25, 0.3) is 0 Å². The Labute approximate surface area is 104 Å². The lowest BCUT2D eigenvalue weighted by molar-refractivity contribution is -0.148. The van der Waals surface area contributed by atoms with E-state index < -0.39 is 5.41 Å². The van der Waals surface area contributed by atoms with Gasteiger partial charge in [-0.1, -0.05) is 38.1 Å². The fourth-order valence-corrected chi connectivity index (χ4v) is 1.71. The van der Waals surface area contributed by atoms with Crippen molar-refractivity contribution in [3.8, 4) is 0 Å². The predicted octanol–water partition coefficient (Wildman–Crippen LogP) is 3.65. The van der Waals surface area contributed by atoms with Gasteiger partial charge in [0.25, 0.3) is 0 Å². The van der Waals surface area contributed by atoms with Gasteiger partial charge in [-0.25, -0.2) is 0 Å². The first-order valence-electron chi connectivity index (χ1n) is 6.17. The van der Waals surface area contributed by atoms with E-state index in [1.165, 1.54) is 5.56 Å². The Morgan fingerprint density at radius 2 is 1.76 bits per heavy atom. The molecule has 0 aliphatic carbocycles. The summed E-state index contributed by atoms with van der Waals surface area (Å²) >= 11 is 0. The largest absolute Gasteiger partial charge is 0.465 e. The molecule has 0 aliphatic rings. The van der Waals surface area contributed by atoms with Crippen molar-refractivity contribution in [3.63, 3.8) is 0 Å². The van der Waals surface area contributed by atoms with Crippen LogP contribution in [0.15, 0.2) is 24.3 Å². The second kappa shape index (κ2) is 5.35. The monoisotopic (exact) mass is 234 g/mol. The fraction of sp³-hybridized carbons (Fsp3) is 0.533. The van der Waals surface area contributed by atoms with Crippen molar-refractivity contribution in [3.05, 3.63) is 35.4 Å². The summed E-state index contributed by atoms with van der Waals surface area (Å²) in [5.74, 6) is 0.340. The molecule has 0 heterocycles. The van der Waals surface area contributed by atoms with Crippen molar-refractivity contribution in [2.24, 2.45) is 0 Å². The zero-order valence-corrected chi connectivity index (χ0v) is 11.4. The van der Waals surface area contributed by atoms with Crippen LogP contribution >= 0.6 is 0 Å². The number of esters is 1. The molecule has 0 bridgehead atoms. The number of hydrogen-bond donors (Lipinski definition) is 0. The maximum atomic E-state index is 11.9. The smallest absolute Gasteiger partial charge is 0.315 e. The zero-order valence-electron chi connectivity index (χ0n) is 11.4. The first-order valence-corrected chi connectivity index (χ1v) is 6.17. The number of rotatable bonds is 4.